The van der Waals surface area contributed by atoms with Crippen LogP contribution in [0.3, 0.4) is 0 Å². The molecule has 3 rings (SSSR count). The Labute approximate surface area is 155 Å². The van der Waals surface area contributed by atoms with Gasteiger partial charge in [-0.15, -0.1) is 10.2 Å². The zero-order valence-electron chi connectivity index (χ0n) is 14.9. The molecule has 26 heavy (non-hydrogen) atoms. The maximum absolute atomic E-state index is 12.3. The minimum atomic E-state index is -0.377. The van der Waals surface area contributed by atoms with E-state index in [1.165, 1.54) is 11.3 Å². The van der Waals surface area contributed by atoms with Crippen molar-refractivity contribution in [1.82, 2.24) is 15.4 Å². The van der Waals surface area contributed by atoms with Crippen LogP contribution in [0, 0.1) is 5.92 Å². The number of aromatic nitrogens is 3. The summed E-state index contributed by atoms with van der Waals surface area (Å²) in [5, 5.41) is 16.0. The molecule has 7 nitrogen and oxygen atoms in total. The lowest BCUT2D eigenvalue weighted by Gasteiger charge is -2.02. The summed E-state index contributed by atoms with van der Waals surface area (Å²) in [6, 6.07) is 9.00. The van der Waals surface area contributed by atoms with Crippen LogP contribution in [0.1, 0.15) is 36.3 Å². The number of hydrogen-bond donors (Lipinski definition) is 1. The number of amides is 1. The van der Waals surface area contributed by atoms with Gasteiger partial charge < -0.3 is 9.26 Å². The molecule has 1 aromatic carbocycles. The zero-order chi connectivity index (χ0) is 18.5. The molecule has 0 saturated carbocycles. The van der Waals surface area contributed by atoms with Gasteiger partial charge in [-0.1, -0.05) is 30.3 Å². The maximum atomic E-state index is 12.3. The molecule has 136 valence electrons. The van der Waals surface area contributed by atoms with Crippen molar-refractivity contribution in [1.29, 1.82) is 0 Å². The highest BCUT2D eigenvalue weighted by molar-refractivity contribution is 7.15. The molecular weight excluding hydrogens is 352 g/mol. The summed E-state index contributed by atoms with van der Waals surface area (Å²) >= 11 is 1.37. The average molecular weight is 372 g/mol. The average Bonchev–Trinajstić information content (AvgIpc) is 3.25. The first-order valence-electron chi connectivity index (χ1n) is 8.39. The molecule has 0 bridgehead atoms. The van der Waals surface area contributed by atoms with E-state index in [9.17, 15) is 4.79 Å². The number of benzene rings is 1. The molecule has 0 spiro atoms. The van der Waals surface area contributed by atoms with E-state index < -0.39 is 0 Å². The molecule has 0 saturated heterocycles. The largest absolute Gasteiger partial charge is 0.494 e. The predicted molar refractivity (Wildman–Crippen MR) is 99.5 cm³/mol. The number of rotatable bonds is 7. The first kappa shape index (κ1) is 18.1. The van der Waals surface area contributed by atoms with E-state index >= 15 is 0 Å². The Balaban J connectivity index is 1.66. The number of carbonyl (C=O) groups excluding carboxylic acids is 1. The Morgan fingerprint density at radius 2 is 2.04 bits per heavy atom. The Hall–Kier alpha value is -2.74. The third kappa shape index (κ3) is 4.45. The predicted octanol–water partition coefficient (Wildman–Crippen LogP) is 4.04. The molecule has 0 aliphatic heterocycles. The summed E-state index contributed by atoms with van der Waals surface area (Å²) in [5.74, 6) is 1.40. The van der Waals surface area contributed by atoms with Gasteiger partial charge in [-0.05, 0) is 37.1 Å². The first-order valence-corrected chi connectivity index (χ1v) is 9.20. The number of ether oxygens (including phenoxy) is 1. The molecule has 2 heterocycles. The Kier molecular flexibility index (Phi) is 5.62. The monoisotopic (exact) mass is 372 g/mol. The van der Waals surface area contributed by atoms with Crippen LogP contribution < -0.4 is 10.1 Å². The van der Waals surface area contributed by atoms with Gasteiger partial charge in [-0.2, -0.15) is 0 Å². The second-order valence-corrected chi connectivity index (χ2v) is 7.15. The van der Waals surface area contributed by atoms with Crippen LogP contribution in [0.25, 0.3) is 11.3 Å². The van der Waals surface area contributed by atoms with Crippen LogP contribution >= 0.6 is 11.3 Å². The quantitative estimate of drug-likeness (QED) is 0.673. The van der Waals surface area contributed by atoms with Crippen LogP contribution in [-0.4, -0.2) is 27.9 Å². The van der Waals surface area contributed by atoms with Gasteiger partial charge in [0.2, 0.25) is 5.13 Å². The van der Waals surface area contributed by atoms with Crippen molar-refractivity contribution in [2.75, 3.05) is 11.9 Å². The molecule has 1 N–H and O–H groups in total. The lowest BCUT2D eigenvalue weighted by molar-refractivity contribution is 0.101. The van der Waals surface area contributed by atoms with Gasteiger partial charge in [-0.25, -0.2) is 0 Å². The SMILES string of the molecule is CCOc1ccc(-c2cc(C(=O)Nc3nnc(CC(C)C)s3)no2)cc1. The fraction of sp³-hybridized carbons (Fsp3) is 0.333. The van der Waals surface area contributed by atoms with Crippen molar-refractivity contribution in [2.24, 2.45) is 5.92 Å². The fourth-order valence-corrected chi connectivity index (χ4v) is 3.24. The summed E-state index contributed by atoms with van der Waals surface area (Å²) in [6.45, 7) is 6.75. The normalized spacial score (nSPS) is 10.9. The minimum absolute atomic E-state index is 0.189. The molecule has 8 heteroatoms. The van der Waals surface area contributed by atoms with E-state index in [0.717, 1.165) is 22.7 Å². The third-order valence-electron chi connectivity index (χ3n) is 3.46. The maximum Gasteiger partial charge on any atom is 0.279 e. The summed E-state index contributed by atoms with van der Waals surface area (Å²) in [5.41, 5.74) is 1.00. The summed E-state index contributed by atoms with van der Waals surface area (Å²) in [4.78, 5) is 12.3. The highest BCUT2D eigenvalue weighted by Crippen LogP contribution is 2.24. The second-order valence-electron chi connectivity index (χ2n) is 6.09. The molecule has 3 aromatic rings. The highest BCUT2D eigenvalue weighted by atomic mass is 32.1. The van der Waals surface area contributed by atoms with Gasteiger partial charge in [0.25, 0.3) is 5.91 Å². The number of carbonyl (C=O) groups is 1. The topological polar surface area (TPSA) is 90.1 Å². The van der Waals surface area contributed by atoms with Crippen molar-refractivity contribution in [3.05, 3.63) is 41.0 Å². The number of hydrogen-bond acceptors (Lipinski definition) is 7. The minimum Gasteiger partial charge on any atom is -0.494 e. The lowest BCUT2D eigenvalue weighted by atomic mass is 10.1. The molecule has 0 unspecified atom stereocenters. The Morgan fingerprint density at radius 1 is 1.27 bits per heavy atom. The zero-order valence-corrected chi connectivity index (χ0v) is 15.7. The smallest absolute Gasteiger partial charge is 0.279 e. The van der Waals surface area contributed by atoms with Crippen molar-refractivity contribution in [3.8, 4) is 17.1 Å². The molecule has 0 atom stereocenters. The molecule has 0 aliphatic rings. The third-order valence-corrected chi connectivity index (χ3v) is 4.32. The van der Waals surface area contributed by atoms with Gasteiger partial charge in [0.15, 0.2) is 11.5 Å². The molecular formula is C18H20N4O3S. The molecule has 0 aliphatic carbocycles. The second kappa shape index (κ2) is 8.09. The molecule has 0 fully saturated rings. The van der Waals surface area contributed by atoms with Crippen LogP contribution in [0.15, 0.2) is 34.9 Å². The number of nitrogens with one attached hydrogen (secondary N) is 1. The van der Waals surface area contributed by atoms with Crippen LogP contribution in [-0.2, 0) is 6.42 Å². The highest BCUT2D eigenvalue weighted by Gasteiger charge is 2.16. The van der Waals surface area contributed by atoms with Crippen molar-refractivity contribution in [2.45, 2.75) is 27.2 Å². The Morgan fingerprint density at radius 3 is 2.73 bits per heavy atom. The summed E-state index contributed by atoms with van der Waals surface area (Å²) in [7, 11) is 0. The molecule has 1 amide bonds. The van der Waals surface area contributed by atoms with Gasteiger partial charge in [-0.3, -0.25) is 10.1 Å². The summed E-state index contributed by atoms with van der Waals surface area (Å²) < 4.78 is 10.7. The van der Waals surface area contributed by atoms with Crippen LogP contribution in [0.4, 0.5) is 5.13 Å². The Bertz CT molecular complexity index is 871. The first-order chi connectivity index (χ1) is 12.5. The van der Waals surface area contributed by atoms with E-state index in [1.807, 2.05) is 31.2 Å². The lowest BCUT2D eigenvalue weighted by Crippen LogP contribution is -2.11. The van der Waals surface area contributed by atoms with Gasteiger partial charge >= 0.3 is 0 Å². The van der Waals surface area contributed by atoms with E-state index in [4.69, 9.17) is 9.26 Å². The van der Waals surface area contributed by atoms with E-state index in [0.29, 0.717) is 23.4 Å². The standard InChI is InChI=1S/C18H20N4O3S/c1-4-24-13-7-5-12(6-8-13)15-10-14(22-25-15)17(23)19-18-21-20-16(26-18)9-11(2)3/h5-8,10-11H,4,9H2,1-3H3,(H,19,21,23). The van der Waals surface area contributed by atoms with Gasteiger partial charge in [0, 0.05) is 18.1 Å². The van der Waals surface area contributed by atoms with Gasteiger partial charge in [0.05, 0.1) is 6.61 Å². The van der Waals surface area contributed by atoms with Crippen molar-refractivity contribution >= 4 is 22.4 Å². The van der Waals surface area contributed by atoms with E-state index in [2.05, 4.69) is 34.5 Å². The number of anilines is 1. The van der Waals surface area contributed by atoms with Crippen molar-refractivity contribution < 1.29 is 14.1 Å². The van der Waals surface area contributed by atoms with Crippen LogP contribution in [0.5, 0.6) is 5.75 Å². The van der Waals surface area contributed by atoms with E-state index in [-0.39, 0.29) is 11.6 Å². The number of nitrogens with zero attached hydrogens (tertiary/aromatic N) is 3. The molecule has 0 radical (unpaired) electrons. The summed E-state index contributed by atoms with van der Waals surface area (Å²) in [6.07, 6.45) is 0.833. The van der Waals surface area contributed by atoms with Crippen molar-refractivity contribution in [3.63, 3.8) is 0 Å². The van der Waals surface area contributed by atoms with Crippen LogP contribution in [0.2, 0.25) is 0 Å². The van der Waals surface area contributed by atoms with Gasteiger partial charge in [0.1, 0.15) is 10.8 Å². The van der Waals surface area contributed by atoms with E-state index in [1.54, 1.807) is 6.07 Å². The molecule has 2 aromatic heterocycles. The fourth-order valence-electron chi connectivity index (χ4n) is 2.30.